The van der Waals surface area contributed by atoms with Gasteiger partial charge in [0.05, 0.1) is 28.5 Å². The third-order valence-corrected chi connectivity index (χ3v) is 8.71. The van der Waals surface area contributed by atoms with Crippen LogP contribution in [0.2, 0.25) is 10.0 Å². The zero-order chi connectivity index (χ0) is 22.9. The summed E-state index contributed by atoms with van der Waals surface area (Å²) in [5, 5.41) is 2.77. The van der Waals surface area contributed by atoms with Gasteiger partial charge in [-0.05, 0) is 37.1 Å². The molecule has 5 rings (SSSR count). The molecule has 1 aliphatic heterocycles. The van der Waals surface area contributed by atoms with Crippen molar-refractivity contribution in [1.29, 1.82) is 0 Å². The van der Waals surface area contributed by atoms with Crippen LogP contribution < -0.4 is 4.90 Å². The molecule has 1 saturated heterocycles. The van der Waals surface area contributed by atoms with Gasteiger partial charge < -0.3 is 4.74 Å². The maximum atomic E-state index is 13.8. The predicted molar refractivity (Wildman–Crippen MR) is 140 cm³/mol. The highest BCUT2D eigenvalue weighted by Gasteiger charge is 2.26. The Labute approximate surface area is 210 Å². The highest BCUT2D eigenvalue weighted by molar-refractivity contribution is 7.23. The summed E-state index contributed by atoms with van der Waals surface area (Å²) in [4.78, 5) is 23.4. The second kappa shape index (κ2) is 9.86. The standard InChI is InChI=1S/C24H23Cl2N3O2S2/c1-15-13-16(25)14-19-21(15)27-24(33-19)29(8-4-7-28-9-11-31-12-10-28)23(30)22-20(26)17-5-2-3-6-18(17)32-22/h2-3,5-6,13-14H,4,7-12H2,1H3. The molecule has 2 aromatic carbocycles. The van der Waals surface area contributed by atoms with Crippen LogP contribution in [0, 0.1) is 6.92 Å². The van der Waals surface area contributed by atoms with Gasteiger partial charge in [-0.3, -0.25) is 14.6 Å². The van der Waals surface area contributed by atoms with E-state index < -0.39 is 0 Å². The fourth-order valence-electron chi connectivity index (χ4n) is 4.09. The number of carbonyl (C=O) groups excluding carboxylic acids is 1. The molecular formula is C24H23Cl2N3O2S2. The summed E-state index contributed by atoms with van der Waals surface area (Å²) in [6.45, 7) is 6.83. The van der Waals surface area contributed by atoms with Crippen LogP contribution in [0.15, 0.2) is 36.4 Å². The van der Waals surface area contributed by atoms with Gasteiger partial charge in [-0.2, -0.15) is 0 Å². The number of nitrogens with zero attached hydrogens (tertiary/aromatic N) is 3. The van der Waals surface area contributed by atoms with Gasteiger partial charge in [0, 0.05) is 41.3 Å². The van der Waals surface area contributed by atoms with Gasteiger partial charge in [-0.1, -0.05) is 52.7 Å². The van der Waals surface area contributed by atoms with E-state index in [1.807, 2.05) is 43.3 Å². The topological polar surface area (TPSA) is 45.7 Å². The lowest BCUT2D eigenvalue weighted by Crippen LogP contribution is -2.39. The maximum absolute atomic E-state index is 13.8. The predicted octanol–water partition coefficient (Wildman–Crippen LogP) is 6.50. The third kappa shape index (κ3) is 4.76. The number of anilines is 1. The van der Waals surface area contributed by atoms with Crippen molar-refractivity contribution in [2.24, 2.45) is 0 Å². The molecule has 2 aromatic heterocycles. The smallest absolute Gasteiger partial charge is 0.271 e. The average Bonchev–Trinajstić information content (AvgIpc) is 3.39. The lowest BCUT2D eigenvalue weighted by Gasteiger charge is -2.27. The maximum Gasteiger partial charge on any atom is 0.271 e. The number of fused-ring (bicyclic) bond motifs is 2. The number of amides is 1. The normalized spacial score (nSPS) is 14.9. The molecular weight excluding hydrogens is 497 g/mol. The van der Waals surface area contributed by atoms with Crippen LogP contribution in [0.3, 0.4) is 0 Å². The van der Waals surface area contributed by atoms with Crippen LogP contribution in [0.25, 0.3) is 20.3 Å². The number of halogens is 2. The summed E-state index contributed by atoms with van der Waals surface area (Å²) < 4.78 is 7.43. The molecule has 0 bridgehead atoms. The fraction of sp³-hybridized carbons (Fsp3) is 0.333. The average molecular weight is 521 g/mol. The van der Waals surface area contributed by atoms with Crippen LogP contribution in [-0.4, -0.2) is 55.2 Å². The van der Waals surface area contributed by atoms with E-state index in [4.69, 9.17) is 32.9 Å². The van der Waals surface area contributed by atoms with Gasteiger partial charge in [0.25, 0.3) is 5.91 Å². The van der Waals surface area contributed by atoms with Crippen LogP contribution in [-0.2, 0) is 4.74 Å². The van der Waals surface area contributed by atoms with E-state index in [0.29, 0.717) is 26.6 Å². The summed E-state index contributed by atoms with van der Waals surface area (Å²) in [6, 6.07) is 11.7. The Morgan fingerprint density at radius 3 is 2.73 bits per heavy atom. The van der Waals surface area contributed by atoms with Crippen molar-refractivity contribution in [3.63, 3.8) is 0 Å². The van der Waals surface area contributed by atoms with Crippen LogP contribution in [0.1, 0.15) is 21.7 Å². The van der Waals surface area contributed by atoms with Gasteiger partial charge in [-0.25, -0.2) is 4.98 Å². The van der Waals surface area contributed by atoms with Crippen molar-refractivity contribution in [3.8, 4) is 0 Å². The molecule has 0 radical (unpaired) electrons. The largest absolute Gasteiger partial charge is 0.379 e. The molecule has 0 unspecified atom stereocenters. The van der Waals surface area contributed by atoms with E-state index >= 15 is 0 Å². The molecule has 172 valence electrons. The van der Waals surface area contributed by atoms with Crippen LogP contribution in [0.5, 0.6) is 0 Å². The number of aryl methyl sites for hydroxylation is 1. The van der Waals surface area contributed by atoms with Crippen molar-refractivity contribution in [2.45, 2.75) is 13.3 Å². The number of rotatable bonds is 6. The molecule has 0 spiro atoms. The number of ether oxygens (including phenoxy) is 1. The van der Waals surface area contributed by atoms with E-state index in [1.165, 1.54) is 22.7 Å². The van der Waals surface area contributed by atoms with Crippen molar-refractivity contribution in [1.82, 2.24) is 9.88 Å². The summed E-state index contributed by atoms with van der Waals surface area (Å²) in [7, 11) is 0. The molecule has 9 heteroatoms. The third-order valence-electron chi connectivity index (χ3n) is 5.80. The van der Waals surface area contributed by atoms with Crippen molar-refractivity contribution in [3.05, 3.63) is 56.9 Å². The lowest BCUT2D eigenvalue weighted by atomic mass is 10.2. The number of thiophene rings is 1. The van der Waals surface area contributed by atoms with Crippen molar-refractivity contribution >= 4 is 77.2 Å². The van der Waals surface area contributed by atoms with Crippen molar-refractivity contribution in [2.75, 3.05) is 44.3 Å². The van der Waals surface area contributed by atoms with Crippen molar-refractivity contribution < 1.29 is 9.53 Å². The molecule has 1 amide bonds. The van der Waals surface area contributed by atoms with E-state index in [0.717, 1.165) is 65.1 Å². The number of aromatic nitrogens is 1. The second-order valence-corrected chi connectivity index (χ2v) is 10.9. The van der Waals surface area contributed by atoms with E-state index in [2.05, 4.69) is 4.90 Å². The first-order chi connectivity index (χ1) is 16.0. The Balaban J connectivity index is 1.48. The zero-order valence-corrected chi connectivity index (χ0v) is 21.3. The SMILES string of the molecule is Cc1cc(Cl)cc2sc(N(CCCN3CCOCC3)C(=O)c3sc4ccccc4c3Cl)nc12. The molecule has 0 saturated carbocycles. The Kier molecular flexibility index (Phi) is 6.88. The molecule has 0 aliphatic carbocycles. The van der Waals surface area contributed by atoms with Crippen LogP contribution in [0.4, 0.5) is 5.13 Å². The van der Waals surface area contributed by atoms with Gasteiger partial charge in [0.2, 0.25) is 0 Å². The van der Waals surface area contributed by atoms with E-state index in [-0.39, 0.29) is 5.91 Å². The summed E-state index contributed by atoms with van der Waals surface area (Å²) >= 11 is 15.9. The quantitative estimate of drug-likeness (QED) is 0.291. The highest BCUT2D eigenvalue weighted by atomic mass is 35.5. The Hall–Kier alpha value is -1.74. The Morgan fingerprint density at radius 2 is 1.94 bits per heavy atom. The summed E-state index contributed by atoms with van der Waals surface area (Å²) in [5.74, 6) is -0.106. The first-order valence-electron chi connectivity index (χ1n) is 10.9. The minimum absolute atomic E-state index is 0.106. The number of carbonyl (C=O) groups is 1. The monoisotopic (exact) mass is 519 g/mol. The molecule has 0 atom stereocenters. The molecule has 33 heavy (non-hydrogen) atoms. The summed E-state index contributed by atoms with van der Waals surface area (Å²) in [6.07, 6.45) is 0.837. The minimum atomic E-state index is -0.106. The summed E-state index contributed by atoms with van der Waals surface area (Å²) in [5.41, 5.74) is 1.88. The number of hydrogen-bond donors (Lipinski definition) is 0. The lowest BCUT2D eigenvalue weighted by molar-refractivity contribution is 0.0376. The number of benzene rings is 2. The highest BCUT2D eigenvalue weighted by Crippen LogP contribution is 2.38. The van der Waals surface area contributed by atoms with Gasteiger partial charge in [0.1, 0.15) is 4.88 Å². The molecule has 4 aromatic rings. The van der Waals surface area contributed by atoms with E-state index in [9.17, 15) is 4.79 Å². The molecule has 0 N–H and O–H groups in total. The number of hydrogen-bond acceptors (Lipinski definition) is 6. The van der Waals surface area contributed by atoms with Gasteiger partial charge in [0.15, 0.2) is 5.13 Å². The van der Waals surface area contributed by atoms with Gasteiger partial charge >= 0.3 is 0 Å². The molecule has 5 nitrogen and oxygen atoms in total. The number of morpholine rings is 1. The first-order valence-corrected chi connectivity index (χ1v) is 13.3. The Morgan fingerprint density at radius 1 is 1.15 bits per heavy atom. The van der Waals surface area contributed by atoms with E-state index in [1.54, 1.807) is 4.90 Å². The minimum Gasteiger partial charge on any atom is -0.379 e. The molecule has 1 fully saturated rings. The number of thiazole rings is 1. The van der Waals surface area contributed by atoms with Gasteiger partial charge in [-0.15, -0.1) is 11.3 Å². The Bertz CT molecular complexity index is 1310. The molecule has 1 aliphatic rings. The fourth-order valence-corrected chi connectivity index (χ4v) is 7.00. The zero-order valence-electron chi connectivity index (χ0n) is 18.1. The van der Waals surface area contributed by atoms with Crippen LogP contribution >= 0.6 is 45.9 Å². The molecule has 3 heterocycles. The second-order valence-electron chi connectivity index (χ2n) is 8.07. The first kappa shape index (κ1) is 23.0.